The molecule has 0 unspecified atom stereocenters. The quantitative estimate of drug-likeness (QED) is 0.430. The number of hydrogen-bond acceptors (Lipinski definition) is 2. The third-order valence-corrected chi connectivity index (χ3v) is 2.49. The highest BCUT2D eigenvalue weighted by molar-refractivity contribution is 5.89. The highest BCUT2D eigenvalue weighted by Gasteiger charge is 2.05. The van der Waals surface area contributed by atoms with Crippen molar-refractivity contribution in [1.29, 1.82) is 0 Å². The van der Waals surface area contributed by atoms with E-state index >= 15 is 0 Å². The molecule has 0 amide bonds. The molecule has 0 aliphatic rings. The summed E-state index contributed by atoms with van der Waals surface area (Å²) in [5, 5.41) is 16.0. The van der Waals surface area contributed by atoms with E-state index in [-0.39, 0.29) is 5.90 Å². The molecule has 2 aromatic rings. The molecule has 1 aromatic carbocycles. The van der Waals surface area contributed by atoms with Crippen molar-refractivity contribution in [3.63, 3.8) is 0 Å². The van der Waals surface area contributed by atoms with Crippen molar-refractivity contribution < 1.29 is 9.78 Å². The van der Waals surface area contributed by atoms with Crippen LogP contribution in [0.25, 0.3) is 0 Å². The topological polar surface area (TPSA) is 39.3 Å². The molecular weight excluding hydrogens is 212 g/mol. The van der Waals surface area contributed by atoms with Gasteiger partial charge in [0.25, 0.3) is 0 Å². The van der Waals surface area contributed by atoms with E-state index in [1.165, 1.54) is 0 Å². The lowest BCUT2D eigenvalue weighted by atomic mass is 10.2. The van der Waals surface area contributed by atoms with E-state index in [1.54, 1.807) is 16.8 Å². The van der Waals surface area contributed by atoms with Crippen LogP contribution in [0.15, 0.2) is 53.8 Å². The van der Waals surface area contributed by atoms with E-state index in [0.29, 0.717) is 5.56 Å². The van der Waals surface area contributed by atoms with Crippen molar-refractivity contribution in [2.75, 3.05) is 0 Å². The first-order valence-electron chi connectivity index (χ1n) is 5.47. The number of aryl methyl sites for hydroxylation is 2. The largest absolute Gasteiger partial charge is 0.854 e. The standard InChI is InChI=1S/C14H14N2O/c1-11-8-9-12(2)16(10-11)15-14(17)13-6-4-3-5-7-13/h3-10H,1-2H3. The summed E-state index contributed by atoms with van der Waals surface area (Å²) in [5.74, 6) is -0.232. The van der Waals surface area contributed by atoms with E-state index < -0.39 is 0 Å². The van der Waals surface area contributed by atoms with Gasteiger partial charge in [-0.15, -0.1) is 0 Å². The maximum absolute atomic E-state index is 11.9. The summed E-state index contributed by atoms with van der Waals surface area (Å²) in [4.78, 5) is 0. The molecular formula is C14H14N2O. The number of benzene rings is 1. The Bertz CT molecular complexity index is 547. The van der Waals surface area contributed by atoms with Crippen molar-refractivity contribution >= 4 is 5.90 Å². The number of aromatic nitrogens is 1. The first-order chi connectivity index (χ1) is 8.16. The smallest absolute Gasteiger partial charge is 0.211 e. The predicted molar refractivity (Wildman–Crippen MR) is 64.5 cm³/mol. The van der Waals surface area contributed by atoms with E-state index in [1.807, 2.05) is 50.4 Å². The number of hydrogen-bond donors (Lipinski definition) is 0. The minimum atomic E-state index is -0.232. The van der Waals surface area contributed by atoms with Crippen LogP contribution in [-0.4, -0.2) is 5.90 Å². The monoisotopic (exact) mass is 226 g/mol. The first kappa shape index (κ1) is 11.3. The van der Waals surface area contributed by atoms with Gasteiger partial charge in [-0.25, -0.2) is 0 Å². The van der Waals surface area contributed by atoms with E-state index in [2.05, 4.69) is 5.10 Å². The summed E-state index contributed by atoms with van der Waals surface area (Å²) in [6.45, 7) is 3.89. The van der Waals surface area contributed by atoms with Crippen molar-refractivity contribution in [3.05, 3.63) is 65.5 Å². The summed E-state index contributed by atoms with van der Waals surface area (Å²) in [7, 11) is 0. The lowest BCUT2D eigenvalue weighted by Crippen LogP contribution is -2.36. The molecule has 1 heterocycles. The molecule has 0 saturated carbocycles. The van der Waals surface area contributed by atoms with Crippen LogP contribution in [0.2, 0.25) is 0 Å². The Morgan fingerprint density at radius 3 is 2.47 bits per heavy atom. The zero-order valence-corrected chi connectivity index (χ0v) is 9.92. The molecule has 86 valence electrons. The van der Waals surface area contributed by atoms with Gasteiger partial charge in [0.05, 0.1) is 5.90 Å². The molecule has 0 radical (unpaired) electrons. The number of rotatable bonds is 2. The zero-order chi connectivity index (χ0) is 12.3. The third kappa shape index (κ3) is 2.69. The van der Waals surface area contributed by atoms with Crippen LogP contribution < -0.4 is 9.78 Å². The highest BCUT2D eigenvalue weighted by atomic mass is 16.3. The predicted octanol–water partition coefficient (Wildman–Crippen LogP) is 1.16. The fourth-order valence-electron chi connectivity index (χ4n) is 1.51. The number of nitrogens with zero attached hydrogens (tertiary/aromatic N) is 2. The van der Waals surface area contributed by atoms with E-state index in [0.717, 1.165) is 11.3 Å². The molecule has 0 saturated heterocycles. The van der Waals surface area contributed by atoms with Gasteiger partial charge in [-0.05, 0) is 23.7 Å². The fourth-order valence-corrected chi connectivity index (χ4v) is 1.51. The van der Waals surface area contributed by atoms with Crippen molar-refractivity contribution in [1.82, 2.24) is 0 Å². The minimum Gasteiger partial charge on any atom is -0.854 e. The SMILES string of the molecule is Cc1ccc(C)[n+](/N=C(\[O-])c2ccccc2)c1. The Hall–Kier alpha value is -2.16. The van der Waals surface area contributed by atoms with Crippen LogP contribution in [0.5, 0.6) is 0 Å². The summed E-state index contributed by atoms with van der Waals surface area (Å²) in [5.41, 5.74) is 2.60. The second-order valence-corrected chi connectivity index (χ2v) is 3.96. The average molecular weight is 226 g/mol. The molecule has 1 aromatic heterocycles. The molecule has 0 aliphatic carbocycles. The molecule has 0 spiro atoms. The van der Waals surface area contributed by atoms with Gasteiger partial charge >= 0.3 is 0 Å². The van der Waals surface area contributed by atoms with Gasteiger partial charge in [-0.3, -0.25) is 0 Å². The van der Waals surface area contributed by atoms with Gasteiger partial charge in [-0.1, -0.05) is 35.0 Å². The molecule has 2 rings (SSSR count). The van der Waals surface area contributed by atoms with Gasteiger partial charge in [-0.2, -0.15) is 0 Å². The highest BCUT2D eigenvalue weighted by Crippen LogP contribution is 1.98. The van der Waals surface area contributed by atoms with Crippen molar-refractivity contribution in [3.8, 4) is 0 Å². The maximum Gasteiger partial charge on any atom is 0.211 e. The average Bonchev–Trinajstić information content (AvgIpc) is 2.35. The van der Waals surface area contributed by atoms with Crippen LogP contribution in [-0.2, 0) is 0 Å². The molecule has 17 heavy (non-hydrogen) atoms. The van der Waals surface area contributed by atoms with E-state index in [9.17, 15) is 5.11 Å². The minimum absolute atomic E-state index is 0.232. The molecule has 0 N–H and O–H groups in total. The fraction of sp³-hybridized carbons (Fsp3) is 0.143. The van der Waals surface area contributed by atoms with Gasteiger partial charge in [0.15, 0.2) is 0 Å². The lowest BCUT2D eigenvalue weighted by molar-refractivity contribution is -0.687. The normalized spacial score (nSPS) is 11.5. The molecule has 0 atom stereocenters. The molecule has 3 heteroatoms. The number of pyridine rings is 1. The summed E-state index contributed by atoms with van der Waals surface area (Å²) >= 11 is 0. The van der Waals surface area contributed by atoms with E-state index in [4.69, 9.17) is 0 Å². The maximum atomic E-state index is 11.9. The Morgan fingerprint density at radius 1 is 1.06 bits per heavy atom. The second-order valence-electron chi connectivity index (χ2n) is 3.96. The Morgan fingerprint density at radius 2 is 1.76 bits per heavy atom. The Balaban J connectivity index is 2.39. The Labute approximate surface area is 101 Å². The third-order valence-electron chi connectivity index (χ3n) is 2.49. The van der Waals surface area contributed by atoms with Crippen LogP contribution in [0, 0.1) is 13.8 Å². The molecule has 0 fully saturated rings. The van der Waals surface area contributed by atoms with Gasteiger partial charge in [0.2, 0.25) is 11.9 Å². The van der Waals surface area contributed by atoms with Gasteiger partial charge in [0.1, 0.15) is 0 Å². The van der Waals surface area contributed by atoms with Crippen LogP contribution >= 0.6 is 0 Å². The molecule has 0 bridgehead atoms. The zero-order valence-electron chi connectivity index (χ0n) is 9.92. The van der Waals surface area contributed by atoms with Crippen LogP contribution in [0.1, 0.15) is 16.8 Å². The van der Waals surface area contributed by atoms with Gasteiger partial charge < -0.3 is 5.11 Å². The first-order valence-corrected chi connectivity index (χ1v) is 5.47. The Kier molecular flexibility index (Phi) is 3.19. The van der Waals surface area contributed by atoms with Gasteiger partial charge in [0, 0.05) is 18.6 Å². The van der Waals surface area contributed by atoms with Crippen molar-refractivity contribution in [2.24, 2.45) is 5.10 Å². The summed E-state index contributed by atoms with van der Waals surface area (Å²) in [6.07, 6.45) is 1.84. The lowest BCUT2D eigenvalue weighted by Gasteiger charge is -2.06. The summed E-state index contributed by atoms with van der Waals surface area (Å²) < 4.78 is 1.62. The van der Waals surface area contributed by atoms with Crippen LogP contribution in [0.3, 0.4) is 0 Å². The molecule has 0 aliphatic heterocycles. The second kappa shape index (κ2) is 4.78. The summed E-state index contributed by atoms with van der Waals surface area (Å²) in [6, 6.07) is 13.0. The van der Waals surface area contributed by atoms with Crippen molar-refractivity contribution in [2.45, 2.75) is 13.8 Å². The van der Waals surface area contributed by atoms with Crippen LogP contribution in [0.4, 0.5) is 0 Å². The molecule has 3 nitrogen and oxygen atoms in total.